The fourth-order valence-electron chi connectivity index (χ4n) is 8.77. The van der Waals surface area contributed by atoms with E-state index in [4.69, 9.17) is 0 Å². The standard InChI is InChI=1S/C23H33NO/c1-5-15-17-8-10-23-13-22(23)11-9-18(24-4)14(2)16(22)6-7-20(23)21(17,3)12-19(15)25/h5,16-18,20,24H,2,6-13H2,1,3-4H3/b15-5+/t16-,17-,18-,20-,21+,22+,23-/m0/s1. The minimum atomic E-state index is 0.229. The Kier molecular flexibility index (Phi) is 3.18. The number of hydrogen-bond donors (Lipinski definition) is 1. The highest BCUT2D eigenvalue weighted by atomic mass is 16.1. The van der Waals surface area contributed by atoms with Crippen molar-refractivity contribution in [2.75, 3.05) is 7.05 Å². The molecule has 0 aromatic heterocycles. The largest absolute Gasteiger partial charge is 0.313 e. The van der Waals surface area contributed by atoms with Gasteiger partial charge in [0.25, 0.3) is 0 Å². The van der Waals surface area contributed by atoms with Gasteiger partial charge in [-0.15, -0.1) is 0 Å². The molecule has 25 heavy (non-hydrogen) atoms. The number of carbonyl (C=O) groups excluding carboxylic acids is 1. The molecule has 0 amide bonds. The van der Waals surface area contributed by atoms with Gasteiger partial charge in [0.1, 0.15) is 0 Å². The molecule has 0 aromatic carbocycles. The van der Waals surface area contributed by atoms with Crippen molar-refractivity contribution in [1.29, 1.82) is 0 Å². The second-order valence-electron chi connectivity index (χ2n) is 10.1. The molecular weight excluding hydrogens is 306 g/mol. The number of hydrogen-bond acceptors (Lipinski definition) is 2. The lowest BCUT2D eigenvalue weighted by molar-refractivity contribution is -0.117. The van der Waals surface area contributed by atoms with Crippen molar-refractivity contribution in [3.63, 3.8) is 0 Å². The summed E-state index contributed by atoms with van der Waals surface area (Å²) in [6.45, 7) is 9.09. The molecule has 0 aromatic rings. The van der Waals surface area contributed by atoms with Crippen LogP contribution in [0.4, 0.5) is 0 Å². The van der Waals surface area contributed by atoms with E-state index in [2.05, 4.69) is 38.9 Å². The maximum absolute atomic E-state index is 12.7. The van der Waals surface area contributed by atoms with Crippen LogP contribution in [0.3, 0.4) is 0 Å². The first-order valence-electron chi connectivity index (χ1n) is 10.5. The summed E-state index contributed by atoms with van der Waals surface area (Å²) in [5.74, 6) is 2.47. The Morgan fingerprint density at radius 3 is 2.60 bits per heavy atom. The van der Waals surface area contributed by atoms with Crippen molar-refractivity contribution in [1.82, 2.24) is 5.32 Å². The van der Waals surface area contributed by atoms with Crippen LogP contribution in [0.5, 0.6) is 0 Å². The molecule has 0 heterocycles. The van der Waals surface area contributed by atoms with Crippen LogP contribution in [0.2, 0.25) is 0 Å². The van der Waals surface area contributed by atoms with E-state index in [1.807, 2.05) is 0 Å². The molecule has 5 rings (SSSR count). The maximum atomic E-state index is 12.7. The smallest absolute Gasteiger partial charge is 0.159 e. The van der Waals surface area contributed by atoms with E-state index in [1.165, 1.54) is 50.5 Å². The van der Waals surface area contributed by atoms with E-state index in [1.54, 1.807) is 0 Å². The molecule has 5 saturated carbocycles. The molecule has 1 N–H and O–H groups in total. The van der Waals surface area contributed by atoms with Crippen LogP contribution in [0.1, 0.15) is 65.2 Å². The van der Waals surface area contributed by atoms with Crippen LogP contribution in [0, 0.1) is 34.0 Å². The van der Waals surface area contributed by atoms with Gasteiger partial charge in [-0.2, -0.15) is 0 Å². The Hall–Kier alpha value is -0.890. The Morgan fingerprint density at radius 1 is 1.12 bits per heavy atom. The maximum Gasteiger partial charge on any atom is 0.159 e. The van der Waals surface area contributed by atoms with Gasteiger partial charge >= 0.3 is 0 Å². The van der Waals surface area contributed by atoms with Crippen molar-refractivity contribution in [2.45, 2.75) is 71.3 Å². The fraction of sp³-hybridized carbons (Fsp3) is 0.783. The Labute approximate surface area is 152 Å². The highest BCUT2D eigenvalue weighted by Gasteiger charge is 2.79. The number of carbonyl (C=O) groups is 1. The van der Waals surface area contributed by atoms with Crippen LogP contribution >= 0.6 is 0 Å². The summed E-state index contributed by atoms with van der Waals surface area (Å²) in [6, 6.07) is 0.527. The van der Waals surface area contributed by atoms with Crippen LogP contribution in [-0.4, -0.2) is 18.9 Å². The van der Waals surface area contributed by atoms with Gasteiger partial charge in [-0.05, 0) is 98.5 Å². The van der Waals surface area contributed by atoms with Crippen molar-refractivity contribution >= 4 is 5.78 Å². The van der Waals surface area contributed by atoms with Gasteiger partial charge in [0.15, 0.2) is 5.78 Å². The van der Waals surface area contributed by atoms with Gasteiger partial charge in [-0.3, -0.25) is 4.79 Å². The predicted octanol–water partition coefficient (Wildman–Crippen LogP) is 4.66. The summed E-state index contributed by atoms with van der Waals surface area (Å²) in [7, 11) is 2.09. The molecule has 7 atom stereocenters. The van der Waals surface area contributed by atoms with E-state index >= 15 is 0 Å². The van der Waals surface area contributed by atoms with Crippen molar-refractivity contribution in [2.24, 2.45) is 34.0 Å². The molecule has 0 bridgehead atoms. The highest BCUT2D eigenvalue weighted by Crippen LogP contribution is 2.86. The third-order valence-corrected chi connectivity index (χ3v) is 9.72. The quantitative estimate of drug-likeness (QED) is 0.556. The van der Waals surface area contributed by atoms with Crippen LogP contribution in [0.25, 0.3) is 0 Å². The molecule has 0 unspecified atom stereocenters. The molecular formula is C23H33NO. The first kappa shape index (κ1) is 16.3. The number of fused-ring (bicyclic) bond motifs is 2. The minimum Gasteiger partial charge on any atom is -0.313 e. The zero-order valence-corrected chi connectivity index (χ0v) is 16.2. The molecule has 0 radical (unpaired) electrons. The van der Waals surface area contributed by atoms with E-state index in [0.29, 0.717) is 28.6 Å². The summed E-state index contributed by atoms with van der Waals surface area (Å²) < 4.78 is 0. The minimum absolute atomic E-state index is 0.229. The molecule has 5 fully saturated rings. The van der Waals surface area contributed by atoms with Crippen LogP contribution < -0.4 is 5.32 Å². The number of likely N-dealkylation sites (N-methyl/N-ethyl adjacent to an activating group) is 1. The topological polar surface area (TPSA) is 29.1 Å². The molecule has 5 aliphatic rings. The normalized spacial score (nSPS) is 55.4. The van der Waals surface area contributed by atoms with Crippen molar-refractivity contribution in [3.05, 3.63) is 23.8 Å². The van der Waals surface area contributed by atoms with Gasteiger partial charge in [0.2, 0.25) is 0 Å². The molecule has 0 saturated heterocycles. The number of nitrogens with one attached hydrogen (secondary N) is 1. The second kappa shape index (κ2) is 4.88. The Balaban J connectivity index is 1.52. The second-order valence-corrected chi connectivity index (χ2v) is 10.1. The zero-order valence-electron chi connectivity index (χ0n) is 16.2. The molecule has 2 heteroatoms. The van der Waals surface area contributed by atoms with E-state index in [0.717, 1.165) is 23.8 Å². The highest BCUT2D eigenvalue weighted by molar-refractivity contribution is 5.99. The van der Waals surface area contributed by atoms with Gasteiger partial charge in [0, 0.05) is 12.5 Å². The third-order valence-electron chi connectivity index (χ3n) is 9.72. The van der Waals surface area contributed by atoms with Crippen LogP contribution in [0.15, 0.2) is 23.8 Å². The lowest BCUT2D eigenvalue weighted by Crippen LogP contribution is -2.51. The zero-order chi connectivity index (χ0) is 17.6. The van der Waals surface area contributed by atoms with E-state index < -0.39 is 0 Å². The first-order chi connectivity index (χ1) is 11.9. The average molecular weight is 340 g/mol. The third kappa shape index (κ3) is 1.69. The summed E-state index contributed by atoms with van der Waals surface area (Å²) in [4.78, 5) is 12.7. The number of rotatable bonds is 1. The van der Waals surface area contributed by atoms with Gasteiger partial charge < -0.3 is 5.32 Å². The van der Waals surface area contributed by atoms with Crippen molar-refractivity contribution in [3.8, 4) is 0 Å². The van der Waals surface area contributed by atoms with Gasteiger partial charge in [-0.25, -0.2) is 0 Å². The predicted molar refractivity (Wildman–Crippen MR) is 101 cm³/mol. The SMILES string of the molecule is C=C1[C@@H](NC)CC[C@]23C[C@]24CC[C@H]2/C(=C\C)C(=O)C[C@@]2(C)[C@@H]4CC[C@@H]13. The average Bonchev–Trinajstić information content (AvgIpc) is 3.16. The van der Waals surface area contributed by atoms with Gasteiger partial charge in [0.05, 0.1) is 0 Å². The fourth-order valence-corrected chi connectivity index (χ4v) is 8.77. The number of ketones is 1. The molecule has 2 spiro atoms. The van der Waals surface area contributed by atoms with Crippen LogP contribution in [-0.2, 0) is 4.79 Å². The number of Topliss-reactive ketones (excluding diaryl/α,β-unsaturated/α-hetero) is 1. The molecule has 2 nitrogen and oxygen atoms in total. The molecule has 0 aliphatic heterocycles. The summed E-state index contributed by atoms with van der Waals surface area (Å²) in [5.41, 5.74) is 3.96. The van der Waals surface area contributed by atoms with E-state index in [9.17, 15) is 4.79 Å². The summed E-state index contributed by atoms with van der Waals surface area (Å²) in [6.07, 6.45) is 12.2. The summed E-state index contributed by atoms with van der Waals surface area (Å²) in [5, 5.41) is 3.50. The monoisotopic (exact) mass is 339 g/mol. The molecule has 5 aliphatic carbocycles. The van der Waals surface area contributed by atoms with Crippen molar-refractivity contribution < 1.29 is 4.79 Å². The first-order valence-corrected chi connectivity index (χ1v) is 10.5. The Bertz CT molecular complexity index is 692. The van der Waals surface area contributed by atoms with E-state index in [-0.39, 0.29) is 5.41 Å². The number of allylic oxidation sites excluding steroid dienone is 2. The molecule has 136 valence electrons. The Morgan fingerprint density at radius 2 is 1.88 bits per heavy atom. The lowest BCUT2D eigenvalue weighted by Gasteiger charge is -2.56. The summed E-state index contributed by atoms with van der Waals surface area (Å²) >= 11 is 0. The van der Waals surface area contributed by atoms with Gasteiger partial charge in [-0.1, -0.05) is 25.2 Å². The lowest BCUT2D eigenvalue weighted by atomic mass is 9.48.